The van der Waals surface area contributed by atoms with Crippen molar-refractivity contribution >= 4 is 94.4 Å². The van der Waals surface area contributed by atoms with E-state index in [1.807, 2.05) is 21.1 Å². The van der Waals surface area contributed by atoms with Crippen molar-refractivity contribution in [2.75, 3.05) is 60.8 Å². The van der Waals surface area contributed by atoms with Gasteiger partial charge in [-0.15, -0.1) is 27.3 Å². The van der Waals surface area contributed by atoms with E-state index in [4.69, 9.17) is 32.9 Å². The quantitative estimate of drug-likeness (QED) is 0.0145. The Morgan fingerprint density at radius 2 is 1.03 bits per heavy atom. The Balaban J connectivity index is 0.000000543. The smallest absolute Gasteiger partial charge is 0.333 e. The first-order valence-electron chi connectivity index (χ1n) is 25.8. The maximum atomic E-state index is 14.0. The number of hydroxylamine groups is 4. The molecule has 5 atom stereocenters. The number of phosphoric acid groups is 1. The number of aryl methyl sites for hydroxylation is 2. The molecule has 21 nitrogen and oxygen atoms in total. The number of nitrogens with zero attached hydrogens (tertiary/aromatic N) is 3. The highest BCUT2D eigenvalue weighted by Gasteiger charge is 2.48. The Bertz CT molecular complexity index is 2520. The number of imide groups is 2. The Morgan fingerprint density at radius 1 is 0.608 bits per heavy atom. The number of hydrogen-bond donors (Lipinski definition) is 0. The molecule has 2 aliphatic rings. The number of likely N-dealkylation sites (N-methyl/N-ethyl adjacent to an activating group) is 1. The fourth-order valence-electron chi connectivity index (χ4n) is 8.37. The lowest BCUT2D eigenvalue weighted by Gasteiger charge is -2.43. The molecule has 2 fully saturated rings. The van der Waals surface area contributed by atoms with Gasteiger partial charge in [0.05, 0.1) is 51.4 Å². The van der Waals surface area contributed by atoms with Crippen molar-refractivity contribution in [3.05, 3.63) is 59.7 Å². The van der Waals surface area contributed by atoms with Crippen LogP contribution in [0.1, 0.15) is 124 Å². The number of benzene rings is 2. The predicted octanol–water partition coefficient (Wildman–Crippen LogP) is 7.54. The fraction of sp³-hybridized carbons (Fsp3) is 0.611. The molecule has 0 bridgehead atoms. The van der Waals surface area contributed by atoms with Crippen molar-refractivity contribution in [1.29, 1.82) is 0 Å². The molecule has 2 saturated heterocycles. The van der Waals surface area contributed by atoms with Crippen LogP contribution in [0.25, 0.3) is 0 Å². The second-order valence-corrected chi connectivity index (χ2v) is 29.8. The molecule has 0 spiro atoms. The summed E-state index contributed by atoms with van der Waals surface area (Å²) in [7, 11) is 2.28. The van der Waals surface area contributed by atoms with Crippen molar-refractivity contribution in [3.63, 3.8) is 0 Å². The standard InChI is InChI=1S/C37H61N2O12P3.C17H18BrNO6/c1-34(2,32(43)50-28-15-12-27(13-16-28)14-19-31(42)51-38-29(40)17-18-30(38)41)24-36(5,26-37(6,53-11)25-35(3,4)52-10)33(44)47-22-23-49-54(45,46)48-21-20-39(7,8)9;1-17(2,18)16(23)24-12-6-3-11(4-7-12)5-10-15(22)25-19-13(20)8-9-14(19)21/h12-13,15-16,52-53H,14,17-26H2,1-11H3;3-4,6-7H,5,8-10H2,1-2H3. The van der Waals surface area contributed by atoms with Crippen LogP contribution in [0, 0.1) is 10.8 Å². The highest BCUT2D eigenvalue weighted by molar-refractivity contribution is 9.10. The molecule has 0 N–H and O–H groups in total. The Hall–Kier alpha value is -4.52. The van der Waals surface area contributed by atoms with Gasteiger partial charge in [0.1, 0.15) is 35.6 Å². The highest BCUT2D eigenvalue weighted by Crippen LogP contribution is 2.52. The maximum absolute atomic E-state index is 14.0. The number of amides is 4. The largest absolute Gasteiger partial charge is 0.756 e. The number of hydrogen-bond acceptors (Lipinski definition) is 18. The summed E-state index contributed by atoms with van der Waals surface area (Å²) in [5, 5.41) is 0.819. The number of halogens is 1. The molecule has 440 valence electrons. The lowest BCUT2D eigenvalue weighted by atomic mass is 9.68. The van der Waals surface area contributed by atoms with Gasteiger partial charge in [-0.1, -0.05) is 61.0 Å². The number of ether oxygens (including phenoxy) is 3. The second kappa shape index (κ2) is 29.5. The fourth-order valence-corrected chi connectivity index (χ4v) is 11.1. The Labute approximate surface area is 475 Å². The zero-order valence-electron chi connectivity index (χ0n) is 47.7. The molecule has 2 aromatic rings. The number of carbonyl (C=O) groups excluding carboxylic acids is 9. The van der Waals surface area contributed by atoms with E-state index in [1.165, 1.54) is 0 Å². The normalized spacial score (nSPS) is 16.8. The summed E-state index contributed by atoms with van der Waals surface area (Å²) in [6.07, 6.45) is 2.10. The molecule has 0 aromatic heterocycles. The van der Waals surface area contributed by atoms with Gasteiger partial charge in [0.15, 0.2) is 0 Å². The van der Waals surface area contributed by atoms with Gasteiger partial charge in [-0.25, -0.2) is 9.59 Å². The van der Waals surface area contributed by atoms with Gasteiger partial charge >= 0.3 is 29.8 Å². The third kappa shape index (κ3) is 23.8. The van der Waals surface area contributed by atoms with E-state index in [-0.39, 0.29) is 80.6 Å². The van der Waals surface area contributed by atoms with Gasteiger partial charge in [0.2, 0.25) is 0 Å². The van der Waals surface area contributed by atoms with E-state index in [2.05, 4.69) is 50.0 Å². The molecule has 0 saturated carbocycles. The van der Waals surface area contributed by atoms with Crippen molar-refractivity contribution < 1.29 is 90.0 Å². The first-order valence-corrected chi connectivity index (χ1v) is 31.1. The molecule has 0 aliphatic carbocycles. The number of esters is 3. The average molecular weight is 1230 g/mol. The minimum absolute atomic E-state index is 0.0143. The molecule has 2 aliphatic heterocycles. The SMILES string of the molecule is CC(C)(Br)C(=O)Oc1ccc(CCC(=O)ON2C(=O)CCC2=O)cc1.CPC(C)(C)CC(C)(CC(C)(CC(C)(C)C(=O)Oc1ccc(CCC(=O)ON2C(=O)CCC2=O)cc1)C(=O)OCCOP(=O)([O-])OCC[N+](C)(C)C)PC. The summed E-state index contributed by atoms with van der Waals surface area (Å²) in [4.78, 5) is 131. The minimum Gasteiger partial charge on any atom is -0.756 e. The second-order valence-electron chi connectivity index (χ2n) is 22.8. The molecule has 2 aromatic carbocycles. The first-order chi connectivity index (χ1) is 36.4. The van der Waals surface area contributed by atoms with Crippen LogP contribution >= 0.6 is 40.9 Å². The third-order valence-corrected chi connectivity index (χ3v) is 17.1. The summed E-state index contributed by atoms with van der Waals surface area (Å²) >= 11 is 3.22. The van der Waals surface area contributed by atoms with E-state index in [0.717, 1.165) is 17.5 Å². The van der Waals surface area contributed by atoms with Crippen LogP contribution < -0.4 is 14.4 Å². The number of rotatable bonds is 29. The number of carbonyl (C=O) groups is 9. The number of phosphoric ester groups is 1. The van der Waals surface area contributed by atoms with Gasteiger partial charge in [0.25, 0.3) is 31.5 Å². The van der Waals surface area contributed by atoms with Crippen molar-refractivity contribution in [3.8, 4) is 11.5 Å². The topological polar surface area (TPSA) is 265 Å². The van der Waals surface area contributed by atoms with Crippen LogP contribution in [0.15, 0.2) is 48.5 Å². The zero-order chi connectivity index (χ0) is 59.8. The molecule has 4 amide bonds. The summed E-state index contributed by atoms with van der Waals surface area (Å²) in [5.74, 6) is -4.33. The molecule has 79 heavy (non-hydrogen) atoms. The van der Waals surface area contributed by atoms with Gasteiger partial charge in [-0.3, -0.25) is 38.1 Å². The highest BCUT2D eigenvalue weighted by atomic mass is 79.9. The number of quaternary nitrogens is 1. The van der Waals surface area contributed by atoms with Crippen LogP contribution in [0.2, 0.25) is 0 Å². The molecular weight excluding hydrogens is 1150 g/mol. The van der Waals surface area contributed by atoms with E-state index in [9.17, 15) is 52.6 Å². The Kier molecular flexibility index (Phi) is 25.6. The summed E-state index contributed by atoms with van der Waals surface area (Å²) in [6, 6.07) is 13.3. The van der Waals surface area contributed by atoms with E-state index in [1.54, 1.807) is 83.1 Å². The van der Waals surface area contributed by atoms with Gasteiger partial charge < -0.3 is 42.3 Å². The molecule has 5 unspecified atom stereocenters. The lowest BCUT2D eigenvalue weighted by Crippen LogP contribution is -2.44. The monoisotopic (exact) mass is 1230 g/mol. The van der Waals surface area contributed by atoms with Crippen molar-refractivity contribution in [2.24, 2.45) is 10.8 Å². The molecular formula is C54H79BrN3O18P3. The molecule has 25 heteroatoms. The van der Waals surface area contributed by atoms with E-state index < -0.39 is 83.1 Å². The zero-order valence-corrected chi connectivity index (χ0v) is 52.2. The van der Waals surface area contributed by atoms with Crippen LogP contribution in [0.4, 0.5) is 0 Å². The van der Waals surface area contributed by atoms with Crippen LogP contribution in [-0.2, 0) is 84.0 Å². The van der Waals surface area contributed by atoms with E-state index in [0.29, 0.717) is 56.9 Å². The number of alkyl halides is 1. The molecule has 0 radical (unpaired) electrons. The Morgan fingerprint density at radius 3 is 1.42 bits per heavy atom. The van der Waals surface area contributed by atoms with Crippen LogP contribution in [-0.4, -0.2) is 144 Å². The first kappa shape index (κ1) is 68.8. The average Bonchev–Trinajstić information content (AvgIpc) is 3.87. The third-order valence-electron chi connectivity index (χ3n) is 12.7. The molecule has 4 rings (SSSR count). The predicted molar refractivity (Wildman–Crippen MR) is 298 cm³/mol. The molecule has 2 heterocycles. The summed E-state index contributed by atoms with van der Waals surface area (Å²) in [6.45, 7) is 19.1. The van der Waals surface area contributed by atoms with Gasteiger partial charge in [-0.2, -0.15) is 0 Å². The van der Waals surface area contributed by atoms with Crippen molar-refractivity contribution in [1.82, 2.24) is 10.1 Å². The van der Waals surface area contributed by atoms with Crippen LogP contribution in [0.5, 0.6) is 11.5 Å². The maximum Gasteiger partial charge on any atom is 0.333 e. The van der Waals surface area contributed by atoms with Crippen LogP contribution in [0.3, 0.4) is 0 Å². The van der Waals surface area contributed by atoms with Gasteiger partial charge in [-0.05, 0) is 126 Å². The lowest BCUT2D eigenvalue weighted by molar-refractivity contribution is -0.870. The summed E-state index contributed by atoms with van der Waals surface area (Å²) in [5.41, 5.74) is -0.739. The van der Waals surface area contributed by atoms with Crippen molar-refractivity contribution in [2.45, 2.75) is 141 Å². The summed E-state index contributed by atoms with van der Waals surface area (Å²) < 4.78 is 38.5. The minimum atomic E-state index is -4.60. The van der Waals surface area contributed by atoms with Gasteiger partial charge in [0, 0.05) is 25.7 Å². The van der Waals surface area contributed by atoms with E-state index >= 15 is 0 Å².